The van der Waals surface area contributed by atoms with Gasteiger partial charge in [0.2, 0.25) is 5.91 Å². The molecule has 2 N–H and O–H groups in total. The first-order valence-electron chi connectivity index (χ1n) is 6.66. The number of aliphatic carboxylic acids is 1. The fourth-order valence-electron chi connectivity index (χ4n) is 2.03. The number of carbonyl (C=O) groups excluding carboxylic acids is 1. The third-order valence-electron chi connectivity index (χ3n) is 3.23. The molecule has 1 saturated carbocycles. The summed E-state index contributed by atoms with van der Waals surface area (Å²) in [7, 11) is 0. The van der Waals surface area contributed by atoms with Crippen molar-refractivity contribution in [3.8, 4) is 0 Å². The molecule has 0 aliphatic heterocycles. The number of hydrogen-bond acceptors (Lipinski definition) is 3. The second-order valence-electron chi connectivity index (χ2n) is 5.02. The fraction of sp³-hybridized carbons (Fsp3) is 0.429. The van der Waals surface area contributed by atoms with E-state index in [0.717, 1.165) is 25.0 Å². The topological polar surface area (TPSA) is 69.6 Å². The van der Waals surface area contributed by atoms with Gasteiger partial charge < -0.3 is 10.4 Å². The molecule has 0 atom stereocenters. The minimum atomic E-state index is -0.925. The van der Waals surface area contributed by atoms with E-state index < -0.39 is 23.5 Å². The second kappa shape index (κ2) is 6.62. The summed E-state index contributed by atoms with van der Waals surface area (Å²) in [4.78, 5) is 24.2. The molecular weight excluding hydrogens is 282 g/mol. The molecular formula is C14H16F2N2O3. The summed E-state index contributed by atoms with van der Waals surface area (Å²) in [6.45, 7) is 0.272. The quantitative estimate of drug-likeness (QED) is 0.806. The van der Waals surface area contributed by atoms with E-state index in [4.69, 9.17) is 5.11 Å². The molecule has 0 spiro atoms. The van der Waals surface area contributed by atoms with E-state index in [1.165, 1.54) is 0 Å². The van der Waals surface area contributed by atoms with Gasteiger partial charge in [-0.25, -0.2) is 8.78 Å². The molecule has 21 heavy (non-hydrogen) atoms. The highest BCUT2D eigenvalue weighted by molar-refractivity contribution is 5.92. The Hall–Kier alpha value is -2.02. The Kier molecular flexibility index (Phi) is 4.85. The lowest BCUT2D eigenvalue weighted by atomic mass is 10.3. The maximum Gasteiger partial charge on any atom is 0.304 e. The number of anilines is 1. The van der Waals surface area contributed by atoms with E-state index >= 15 is 0 Å². The maximum atomic E-state index is 13.4. The van der Waals surface area contributed by atoms with Crippen LogP contribution in [-0.2, 0) is 9.59 Å². The molecule has 0 bridgehead atoms. The molecule has 7 heteroatoms. The van der Waals surface area contributed by atoms with Gasteiger partial charge in [0.15, 0.2) is 0 Å². The van der Waals surface area contributed by atoms with Crippen molar-refractivity contribution in [2.45, 2.75) is 25.3 Å². The predicted molar refractivity (Wildman–Crippen MR) is 71.8 cm³/mol. The maximum absolute atomic E-state index is 13.4. The second-order valence-corrected chi connectivity index (χ2v) is 5.02. The number of carboxylic acids is 1. The summed E-state index contributed by atoms with van der Waals surface area (Å²) >= 11 is 0. The minimum Gasteiger partial charge on any atom is -0.481 e. The number of nitrogens with one attached hydrogen (secondary N) is 1. The predicted octanol–water partition coefficient (Wildman–Crippen LogP) is 1.84. The smallest absolute Gasteiger partial charge is 0.304 e. The lowest BCUT2D eigenvalue weighted by Crippen LogP contribution is -2.36. The molecule has 1 fully saturated rings. The largest absolute Gasteiger partial charge is 0.481 e. The zero-order chi connectivity index (χ0) is 15.4. The highest BCUT2D eigenvalue weighted by Gasteiger charge is 2.30. The Morgan fingerprint density at radius 2 is 2.05 bits per heavy atom. The van der Waals surface area contributed by atoms with E-state index in [-0.39, 0.29) is 31.2 Å². The van der Waals surface area contributed by atoms with Crippen molar-refractivity contribution in [3.05, 3.63) is 29.8 Å². The van der Waals surface area contributed by atoms with Gasteiger partial charge in [0.25, 0.3) is 0 Å². The lowest BCUT2D eigenvalue weighted by Gasteiger charge is -2.20. The minimum absolute atomic E-state index is 0.00520. The number of rotatable bonds is 7. The van der Waals surface area contributed by atoms with Crippen LogP contribution in [-0.4, -0.2) is 41.0 Å². The molecule has 1 amide bonds. The summed E-state index contributed by atoms with van der Waals surface area (Å²) < 4.78 is 26.2. The third-order valence-corrected chi connectivity index (χ3v) is 3.23. The van der Waals surface area contributed by atoms with Crippen LogP contribution in [0.25, 0.3) is 0 Å². The highest BCUT2D eigenvalue weighted by Crippen LogP contribution is 2.26. The summed E-state index contributed by atoms with van der Waals surface area (Å²) in [5.41, 5.74) is -0.0876. The molecule has 0 heterocycles. The third kappa shape index (κ3) is 4.78. The Morgan fingerprint density at radius 1 is 1.33 bits per heavy atom. The van der Waals surface area contributed by atoms with Crippen molar-refractivity contribution in [2.75, 3.05) is 18.4 Å². The Labute approximate surface area is 120 Å². The number of nitrogens with zero attached hydrogens (tertiary/aromatic N) is 1. The van der Waals surface area contributed by atoms with E-state index in [1.54, 1.807) is 4.90 Å². The van der Waals surface area contributed by atoms with E-state index in [1.807, 2.05) is 0 Å². The van der Waals surface area contributed by atoms with Gasteiger partial charge in [-0.3, -0.25) is 14.5 Å². The average Bonchev–Trinajstić information content (AvgIpc) is 3.22. The van der Waals surface area contributed by atoms with E-state index in [2.05, 4.69) is 5.32 Å². The molecule has 1 aliphatic carbocycles. The number of hydrogen-bond donors (Lipinski definition) is 2. The molecule has 0 saturated heterocycles. The summed E-state index contributed by atoms with van der Waals surface area (Å²) in [6.07, 6.45) is 1.81. The highest BCUT2D eigenvalue weighted by atomic mass is 19.1. The molecule has 2 rings (SSSR count). The van der Waals surface area contributed by atoms with Gasteiger partial charge in [-0.2, -0.15) is 0 Å². The average molecular weight is 298 g/mol. The SMILES string of the molecule is O=C(O)CCN(CC(=O)Nc1ccc(F)cc1F)C1CC1. The van der Waals surface area contributed by atoms with Crippen LogP contribution in [0.15, 0.2) is 18.2 Å². The molecule has 114 valence electrons. The van der Waals surface area contributed by atoms with Crippen molar-refractivity contribution >= 4 is 17.6 Å². The number of halogens is 2. The van der Waals surface area contributed by atoms with Crippen LogP contribution in [0.5, 0.6) is 0 Å². The number of carboxylic acid groups (broad SMARTS) is 1. The van der Waals surface area contributed by atoms with Crippen LogP contribution in [0.1, 0.15) is 19.3 Å². The van der Waals surface area contributed by atoms with Gasteiger partial charge in [0.1, 0.15) is 11.6 Å². The first-order chi connectivity index (χ1) is 9.95. The zero-order valence-corrected chi connectivity index (χ0v) is 11.3. The van der Waals surface area contributed by atoms with Crippen molar-refractivity contribution in [3.63, 3.8) is 0 Å². The van der Waals surface area contributed by atoms with Crippen LogP contribution in [0.2, 0.25) is 0 Å². The molecule has 5 nitrogen and oxygen atoms in total. The standard InChI is InChI=1S/C14H16F2N2O3/c15-9-1-4-12(11(16)7-9)17-13(19)8-18(10-2-3-10)6-5-14(20)21/h1,4,7,10H,2-3,5-6,8H2,(H,17,19)(H,20,21). The van der Waals surface area contributed by atoms with Crippen LogP contribution < -0.4 is 5.32 Å². The lowest BCUT2D eigenvalue weighted by molar-refractivity contribution is -0.137. The van der Waals surface area contributed by atoms with Crippen LogP contribution >= 0.6 is 0 Å². The Balaban J connectivity index is 1.91. The van der Waals surface area contributed by atoms with Crippen molar-refractivity contribution < 1.29 is 23.5 Å². The molecule has 1 aliphatic rings. The van der Waals surface area contributed by atoms with Gasteiger partial charge in [0, 0.05) is 18.7 Å². The molecule has 0 aromatic heterocycles. The number of amides is 1. The molecule has 0 unspecified atom stereocenters. The van der Waals surface area contributed by atoms with Crippen molar-refractivity contribution in [2.24, 2.45) is 0 Å². The van der Waals surface area contributed by atoms with E-state index in [9.17, 15) is 18.4 Å². The first kappa shape index (κ1) is 15.4. The Morgan fingerprint density at radius 3 is 2.62 bits per heavy atom. The monoisotopic (exact) mass is 298 g/mol. The van der Waals surface area contributed by atoms with Gasteiger partial charge in [-0.15, -0.1) is 0 Å². The summed E-state index contributed by atoms with van der Waals surface area (Å²) in [6, 6.07) is 3.12. The first-order valence-corrected chi connectivity index (χ1v) is 6.66. The van der Waals surface area contributed by atoms with Crippen LogP contribution in [0.4, 0.5) is 14.5 Å². The fourth-order valence-corrected chi connectivity index (χ4v) is 2.03. The summed E-state index contributed by atoms with van der Waals surface area (Å²) in [5.74, 6) is -2.93. The van der Waals surface area contributed by atoms with Crippen molar-refractivity contribution in [1.29, 1.82) is 0 Å². The normalized spacial score (nSPS) is 14.2. The van der Waals surface area contributed by atoms with Gasteiger partial charge in [0.05, 0.1) is 18.7 Å². The molecule has 0 radical (unpaired) electrons. The molecule has 1 aromatic carbocycles. The Bertz CT molecular complexity index is 547. The van der Waals surface area contributed by atoms with Gasteiger partial charge in [-0.05, 0) is 25.0 Å². The molecule has 1 aromatic rings. The van der Waals surface area contributed by atoms with Crippen LogP contribution in [0, 0.1) is 11.6 Å². The van der Waals surface area contributed by atoms with Crippen molar-refractivity contribution in [1.82, 2.24) is 4.90 Å². The zero-order valence-electron chi connectivity index (χ0n) is 11.3. The van der Waals surface area contributed by atoms with Gasteiger partial charge in [-0.1, -0.05) is 0 Å². The van der Waals surface area contributed by atoms with E-state index in [0.29, 0.717) is 6.07 Å². The number of carbonyl (C=O) groups is 2. The van der Waals surface area contributed by atoms with Gasteiger partial charge >= 0.3 is 5.97 Å². The number of benzene rings is 1. The summed E-state index contributed by atoms with van der Waals surface area (Å²) in [5, 5.41) is 11.1. The van der Waals surface area contributed by atoms with Crippen LogP contribution in [0.3, 0.4) is 0 Å².